The minimum absolute atomic E-state index is 0.206. The Morgan fingerprint density at radius 3 is 1.45 bits per heavy atom. The topological polar surface area (TPSA) is 86.7 Å². The van der Waals surface area contributed by atoms with Gasteiger partial charge in [-0.15, -0.1) is 0 Å². The summed E-state index contributed by atoms with van der Waals surface area (Å²) in [5.74, 6) is 0.535. The predicted octanol–water partition coefficient (Wildman–Crippen LogP) is 1.49. The van der Waals surface area contributed by atoms with E-state index in [0.717, 1.165) is 12.5 Å². The summed E-state index contributed by atoms with van der Waals surface area (Å²) in [5, 5.41) is 0. The van der Waals surface area contributed by atoms with E-state index in [1.165, 1.54) is 0 Å². The lowest BCUT2D eigenvalue weighted by Gasteiger charge is -2.24. The number of hydrogen-bond acceptors (Lipinski definition) is 6. The van der Waals surface area contributed by atoms with Crippen LogP contribution in [-0.4, -0.2) is 51.2 Å². The van der Waals surface area contributed by atoms with Crippen LogP contribution < -0.4 is 0 Å². The van der Waals surface area contributed by atoms with E-state index in [2.05, 4.69) is 31.9 Å². The fourth-order valence-corrected chi connectivity index (χ4v) is 7.83. The van der Waals surface area contributed by atoms with Crippen molar-refractivity contribution in [3.05, 3.63) is 0 Å². The third kappa shape index (κ3) is 3.15. The summed E-state index contributed by atoms with van der Waals surface area (Å²) in [5.41, 5.74) is 0. The maximum Gasteiger partial charge on any atom is 0.264 e. The fraction of sp³-hybridized carbons (Fsp3) is 1.00. The Morgan fingerprint density at radius 2 is 1.14 bits per heavy atom. The number of rotatable bonds is 4. The van der Waals surface area contributed by atoms with Gasteiger partial charge in [-0.1, -0.05) is 31.9 Å². The summed E-state index contributed by atoms with van der Waals surface area (Å²) < 4.78 is 56.6. The molecule has 3 fully saturated rings. The standard InChI is InChI=1S/C12H18Br2O6S2/c1-21(15,16)19-7-3-5-9-6(12(14)11(5)13)4-8(10(7)9)20-22(2,17)18/h5-12H,3-4H2,1-2H3/t5-,6+,7-,8-,9?,10?,11-,12+/m1/s1. The molecule has 0 aromatic heterocycles. The lowest BCUT2D eigenvalue weighted by molar-refractivity contribution is 0.0771. The molecule has 8 atom stereocenters. The first-order valence-electron chi connectivity index (χ1n) is 7.02. The van der Waals surface area contributed by atoms with Gasteiger partial charge in [0.05, 0.1) is 24.7 Å². The van der Waals surface area contributed by atoms with Crippen molar-refractivity contribution in [2.24, 2.45) is 23.7 Å². The molecule has 3 aliphatic carbocycles. The Hall–Kier alpha value is 0.780. The van der Waals surface area contributed by atoms with Gasteiger partial charge in [0.25, 0.3) is 20.2 Å². The Kier molecular flexibility index (Phi) is 4.52. The maximum absolute atomic E-state index is 11.5. The van der Waals surface area contributed by atoms with E-state index in [9.17, 15) is 16.8 Å². The zero-order valence-corrected chi connectivity index (χ0v) is 16.9. The predicted molar refractivity (Wildman–Crippen MR) is 88.1 cm³/mol. The van der Waals surface area contributed by atoms with E-state index in [1.807, 2.05) is 0 Å². The highest BCUT2D eigenvalue weighted by atomic mass is 79.9. The smallest absolute Gasteiger partial charge is 0.264 e. The molecule has 3 rings (SSSR count). The third-order valence-electron chi connectivity index (χ3n) is 5.02. The normalized spacial score (nSPS) is 47.8. The molecule has 0 aromatic rings. The average molecular weight is 482 g/mol. The zero-order chi connectivity index (χ0) is 16.4. The van der Waals surface area contributed by atoms with Gasteiger partial charge in [-0.3, -0.25) is 8.37 Å². The Balaban J connectivity index is 1.91. The summed E-state index contributed by atoms with van der Waals surface area (Å²) in [7, 11) is -7.19. The van der Waals surface area contributed by atoms with Gasteiger partial charge >= 0.3 is 0 Å². The van der Waals surface area contributed by atoms with Crippen LogP contribution in [-0.2, 0) is 28.6 Å². The number of alkyl halides is 2. The minimum atomic E-state index is -3.59. The lowest BCUT2D eigenvalue weighted by Crippen LogP contribution is -2.33. The molecule has 0 bridgehead atoms. The Bertz CT molecular complexity index is 607. The average Bonchev–Trinajstić information content (AvgIpc) is 2.90. The van der Waals surface area contributed by atoms with Crippen molar-refractivity contribution in [3.8, 4) is 0 Å². The van der Waals surface area contributed by atoms with Crippen LogP contribution in [0, 0.1) is 23.7 Å². The first-order chi connectivity index (χ1) is 9.98. The molecule has 10 heteroatoms. The molecular formula is C12H18Br2O6S2. The van der Waals surface area contributed by atoms with E-state index < -0.39 is 32.4 Å². The van der Waals surface area contributed by atoms with Crippen molar-refractivity contribution in [3.63, 3.8) is 0 Å². The van der Waals surface area contributed by atoms with Gasteiger partial charge in [0.15, 0.2) is 0 Å². The highest BCUT2D eigenvalue weighted by Crippen LogP contribution is 2.63. The molecule has 3 saturated carbocycles. The number of halogens is 2. The van der Waals surface area contributed by atoms with Crippen molar-refractivity contribution in [2.75, 3.05) is 12.5 Å². The molecule has 0 radical (unpaired) electrons. The molecule has 0 saturated heterocycles. The van der Waals surface area contributed by atoms with Gasteiger partial charge < -0.3 is 0 Å². The van der Waals surface area contributed by atoms with E-state index >= 15 is 0 Å². The molecule has 0 aromatic carbocycles. The zero-order valence-electron chi connectivity index (χ0n) is 12.1. The van der Waals surface area contributed by atoms with Gasteiger partial charge in [-0.2, -0.15) is 16.8 Å². The highest BCUT2D eigenvalue weighted by Gasteiger charge is 2.65. The SMILES string of the molecule is CS(=O)(=O)O[C@@H]1C[C@@H]2C3C1[C@H](OS(C)(=O)=O)C[C@@H]3[C@H](Br)[C@@H]2Br. The first kappa shape index (κ1) is 17.6. The van der Waals surface area contributed by atoms with Crippen LogP contribution in [0.15, 0.2) is 0 Å². The summed E-state index contributed by atoms with van der Waals surface area (Å²) >= 11 is 7.38. The largest absolute Gasteiger partial charge is 0.267 e. The molecule has 0 amide bonds. The second kappa shape index (κ2) is 5.66. The molecule has 3 aliphatic rings. The molecule has 6 nitrogen and oxygen atoms in total. The lowest BCUT2D eigenvalue weighted by atomic mass is 9.92. The van der Waals surface area contributed by atoms with Crippen LogP contribution in [0.1, 0.15) is 12.8 Å². The monoisotopic (exact) mass is 480 g/mol. The van der Waals surface area contributed by atoms with Crippen LogP contribution in [0.3, 0.4) is 0 Å². The van der Waals surface area contributed by atoms with Gasteiger partial charge in [0.1, 0.15) is 0 Å². The van der Waals surface area contributed by atoms with Crippen LogP contribution in [0.25, 0.3) is 0 Å². The summed E-state index contributed by atoms with van der Waals surface area (Å²) in [6.45, 7) is 0. The maximum atomic E-state index is 11.5. The second-order valence-electron chi connectivity index (χ2n) is 6.52. The highest BCUT2D eigenvalue weighted by molar-refractivity contribution is 9.12. The molecule has 0 N–H and O–H groups in total. The van der Waals surface area contributed by atoms with Crippen molar-refractivity contribution in [2.45, 2.75) is 34.7 Å². The minimum Gasteiger partial charge on any atom is -0.267 e. The molecular weight excluding hydrogens is 464 g/mol. The molecule has 0 heterocycles. The molecule has 128 valence electrons. The Morgan fingerprint density at radius 1 is 0.773 bits per heavy atom. The van der Waals surface area contributed by atoms with Crippen LogP contribution in [0.2, 0.25) is 0 Å². The van der Waals surface area contributed by atoms with Crippen LogP contribution >= 0.6 is 31.9 Å². The molecule has 0 aliphatic heterocycles. The summed E-state index contributed by atoms with van der Waals surface area (Å²) in [6.07, 6.45) is 2.22. The first-order valence-corrected chi connectivity index (χ1v) is 12.5. The molecule has 22 heavy (non-hydrogen) atoms. The number of hydrogen-bond donors (Lipinski definition) is 0. The summed E-state index contributed by atoms with van der Waals surface area (Å²) in [6, 6.07) is 0. The van der Waals surface area contributed by atoms with Gasteiger partial charge in [0, 0.05) is 15.6 Å². The molecule has 0 spiro atoms. The van der Waals surface area contributed by atoms with Crippen molar-refractivity contribution in [1.82, 2.24) is 0 Å². The van der Waals surface area contributed by atoms with Gasteiger partial charge in [-0.25, -0.2) is 0 Å². The van der Waals surface area contributed by atoms with Crippen LogP contribution in [0.4, 0.5) is 0 Å². The van der Waals surface area contributed by atoms with Gasteiger partial charge in [0.2, 0.25) is 0 Å². The molecule has 2 unspecified atom stereocenters. The quantitative estimate of drug-likeness (QED) is 0.446. The van der Waals surface area contributed by atoms with E-state index in [-0.39, 0.29) is 33.3 Å². The van der Waals surface area contributed by atoms with Crippen molar-refractivity contribution < 1.29 is 25.2 Å². The second-order valence-corrected chi connectivity index (χ2v) is 11.8. The van der Waals surface area contributed by atoms with E-state index in [4.69, 9.17) is 8.37 Å². The van der Waals surface area contributed by atoms with E-state index in [1.54, 1.807) is 0 Å². The van der Waals surface area contributed by atoms with Crippen molar-refractivity contribution >= 4 is 52.1 Å². The van der Waals surface area contributed by atoms with Crippen molar-refractivity contribution in [1.29, 1.82) is 0 Å². The fourth-order valence-electron chi connectivity index (χ4n) is 4.60. The third-order valence-corrected chi connectivity index (χ3v) is 9.42. The van der Waals surface area contributed by atoms with E-state index in [0.29, 0.717) is 12.8 Å². The van der Waals surface area contributed by atoms with Gasteiger partial charge in [-0.05, 0) is 30.6 Å². The Labute approximate surface area is 147 Å². The summed E-state index contributed by atoms with van der Waals surface area (Å²) in [4.78, 5) is 0.467. The van der Waals surface area contributed by atoms with Crippen LogP contribution in [0.5, 0.6) is 0 Å².